The maximum atomic E-state index is 11.7. The van der Waals surface area contributed by atoms with Crippen molar-refractivity contribution in [3.05, 3.63) is 48.8 Å². The van der Waals surface area contributed by atoms with Crippen LogP contribution in [0.3, 0.4) is 0 Å². The van der Waals surface area contributed by atoms with Crippen LogP contribution >= 0.6 is 0 Å². The van der Waals surface area contributed by atoms with E-state index in [0.717, 1.165) is 66.5 Å². The lowest BCUT2D eigenvalue weighted by Gasteiger charge is -2.23. The van der Waals surface area contributed by atoms with Crippen LogP contribution < -0.4 is 14.5 Å². The molecule has 3 aromatic rings. The molecule has 4 rings (SSSR count). The van der Waals surface area contributed by atoms with Crippen LogP contribution in [0.15, 0.2) is 48.8 Å². The molecule has 1 aliphatic rings. The summed E-state index contributed by atoms with van der Waals surface area (Å²) < 4.78 is 6.22. The second-order valence-electron chi connectivity index (χ2n) is 7.71. The zero-order valence-electron chi connectivity index (χ0n) is 17.7. The highest BCUT2D eigenvalue weighted by molar-refractivity contribution is 5.86. The summed E-state index contributed by atoms with van der Waals surface area (Å²) in [6.45, 7) is 5.01. The number of pyridine rings is 2. The second kappa shape index (κ2) is 8.57. The van der Waals surface area contributed by atoms with Gasteiger partial charge in [0.1, 0.15) is 17.3 Å². The molecule has 0 unspecified atom stereocenters. The molecule has 7 nitrogen and oxygen atoms in total. The van der Waals surface area contributed by atoms with Crippen LogP contribution in [0, 0.1) is 0 Å². The highest BCUT2D eigenvalue weighted by Gasteiger charge is 2.17. The van der Waals surface area contributed by atoms with Crippen molar-refractivity contribution >= 4 is 28.3 Å². The Bertz CT molecular complexity index is 1040. The zero-order valence-corrected chi connectivity index (χ0v) is 17.7. The normalized spacial score (nSPS) is 14.5. The SMILES string of the molecule is CC(=O)N1CCCN(c2ccc(Oc3cc(N(C)C)nc4ccncc34)cc2)CC1. The highest BCUT2D eigenvalue weighted by Crippen LogP contribution is 2.32. The van der Waals surface area contributed by atoms with E-state index in [-0.39, 0.29) is 5.91 Å². The Hall–Kier alpha value is -3.35. The molecule has 0 atom stereocenters. The largest absolute Gasteiger partial charge is 0.456 e. The van der Waals surface area contributed by atoms with E-state index in [9.17, 15) is 4.79 Å². The molecular weight excluding hydrogens is 378 g/mol. The van der Waals surface area contributed by atoms with Gasteiger partial charge in [0.15, 0.2) is 0 Å². The van der Waals surface area contributed by atoms with Gasteiger partial charge < -0.3 is 19.4 Å². The third kappa shape index (κ3) is 4.30. The first-order valence-corrected chi connectivity index (χ1v) is 10.2. The van der Waals surface area contributed by atoms with Gasteiger partial charge in [-0.1, -0.05) is 0 Å². The molecule has 30 heavy (non-hydrogen) atoms. The van der Waals surface area contributed by atoms with E-state index in [1.165, 1.54) is 0 Å². The smallest absolute Gasteiger partial charge is 0.219 e. The van der Waals surface area contributed by atoms with Gasteiger partial charge >= 0.3 is 0 Å². The van der Waals surface area contributed by atoms with Gasteiger partial charge in [-0.05, 0) is 36.8 Å². The number of ether oxygens (including phenoxy) is 1. The Labute approximate surface area is 176 Å². The number of rotatable bonds is 4. The number of carbonyl (C=O) groups is 1. The average Bonchev–Trinajstić information content (AvgIpc) is 3.01. The van der Waals surface area contributed by atoms with E-state index in [1.54, 1.807) is 19.3 Å². The van der Waals surface area contributed by atoms with E-state index in [1.807, 2.05) is 48.2 Å². The Balaban J connectivity index is 1.54. The molecular formula is C23H27N5O2. The summed E-state index contributed by atoms with van der Waals surface area (Å²) >= 11 is 0. The maximum absolute atomic E-state index is 11.7. The molecule has 156 valence electrons. The van der Waals surface area contributed by atoms with Gasteiger partial charge in [-0.15, -0.1) is 0 Å². The van der Waals surface area contributed by atoms with Crippen LogP contribution in [0.2, 0.25) is 0 Å². The number of aromatic nitrogens is 2. The van der Waals surface area contributed by atoms with Crippen LogP contribution in [-0.4, -0.2) is 61.0 Å². The predicted octanol–water partition coefficient (Wildman–Crippen LogP) is 3.55. The number of nitrogens with zero attached hydrogens (tertiary/aromatic N) is 5. The molecule has 0 saturated carbocycles. The number of carbonyl (C=O) groups excluding carboxylic acids is 1. The summed E-state index contributed by atoms with van der Waals surface area (Å²) in [6.07, 6.45) is 4.49. The Morgan fingerprint density at radius 1 is 1.07 bits per heavy atom. The maximum Gasteiger partial charge on any atom is 0.219 e. The van der Waals surface area contributed by atoms with Crippen molar-refractivity contribution in [3.63, 3.8) is 0 Å². The molecule has 0 N–H and O–H groups in total. The molecule has 3 heterocycles. The molecule has 0 radical (unpaired) electrons. The van der Waals surface area contributed by atoms with E-state index < -0.39 is 0 Å². The van der Waals surface area contributed by atoms with Crippen LogP contribution in [-0.2, 0) is 4.79 Å². The molecule has 0 bridgehead atoms. The molecule has 7 heteroatoms. The number of hydrogen-bond donors (Lipinski definition) is 0. The lowest BCUT2D eigenvalue weighted by molar-refractivity contribution is -0.128. The van der Waals surface area contributed by atoms with Gasteiger partial charge in [0.25, 0.3) is 0 Å². The number of amides is 1. The number of fused-ring (bicyclic) bond motifs is 1. The minimum absolute atomic E-state index is 0.150. The van der Waals surface area contributed by atoms with Crippen molar-refractivity contribution in [3.8, 4) is 11.5 Å². The van der Waals surface area contributed by atoms with Crippen molar-refractivity contribution in [1.82, 2.24) is 14.9 Å². The Morgan fingerprint density at radius 3 is 2.60 bits per heavy atom. The fraction of sp³-hybridized carbons (Fsp3) is 0.348. The van der Waals surface area contributed by atoms with E-state index in [2.05, 4.69) is 27.0 Å². The molecule has 1 saturated heterocycles. The van der Waals surface area contributed by atoms with E-state index in [0.29, 0.717) is 0 Å². The lowest BCUT2D eigenvalue weighted by Crippen LogP contribution is -2.33. The van der Waals surface area contributed by atoms with Crippen molar-refractivity contribution in [2.75, 3.05) is 50.1 Å². The van der Waals surface area contributed by atoms with Gasteiger partial charge in [0.05, 0.1) is 10.9 Å². The monoisotopic (exact) mass is 405 g/mol. The van der Waals surface area contributed by atoms with Crippen molar-refractivity contribution in [2.45, 2.75) is 13.3 Å². The Kier molecular flexibility index (Phi) is 5.70. The Morgan fingerprint density at radius 2 is 1.87 bits per heavy atom. The molecule has 1 amide bonds. The van der Waals surface area contributed by atoms with Crippen LogP contribution in [0.4, 0.5) is 11.5 Å². The summed E-state index contributed by atoms with van der Waals surface area (Å²) in [5, 5.41) is 0.879. The summed E-state index contributed by atoms with van der Waals surface area (Å²) in [5.41, 5.74) is 1.99. The highest BCUT2D eigenvalue weighted by atomic mass is 16.5. The average molecular weight is 406 g/mol. The van der Waals surface area contributed by atoms with Gasteiger partial charge in [0, 0.05) is 71.3 Å². The molecule has 1 fully saturated rings. The third-order valence-corrected chi connectivity index (χ3v) is 5.39. The van der Waals surface area contributed by atoms with Crippen molar-refractivity contribution in [2.24, 2.45) is 0 Å². The minimum Gasteiger partial charge on any atom is -0.456 e. The van der Waals surface area contributed by atoms with E-state index in [4.69, 9.17) is 4.74 Å². The van der Waals surface area contributed by atoms with Crippen LogP contribution in [0.25, 0.3) is 10.9 Å². The second-order valence-corrected chi connectivity index (χ2v) is 7.71. The zero-order chi connectivity index (χ0) is 21.1. The lowest BCUT2D eigenvalue weighted by atomic mass is 10.2. The topological polar surface area (TPSA) is 61.8 Å². The molecule has 0 spiro atoms. The molecule has 0 aliphatic carbocycles. The minimum atomic E-state index is 0.150. The number of hydrogen-bond acceptors (Lipinski definition) is 6. The third-order valence-electron chi connectivity index (χ3n) is 5.39. The first-order valence-electron chi connectivity index (χ1n) is 10.2. The molecule has 2 aromatic heterocycles. The fourth-order valence-electron chi connectivity index (χ4n) is 3.68. The summed E-state index contributed by atoms with van der Waals surface area (Å²) in [6, 6.07) is 12.0. The van der Waals surface area contributed by atoms with Crippen molar-refractivity contribution < 1.29 is 9.53 Å². The molecule has 1 aliphatic heterocycles. The first-order chi connectivity index (χ1) is 14.5. The number of anilines is 2. The van der Waals surface area contributed by atoms with Crippen LogP contribution in [0.1, 0.15) is 13.3 Å². The standard InChI is InChI=1S/C23H27N5O2/c1-17(29)27-11-4-12-28(14-13-27)18-5-7-19(8-6-18)30-22-15-23(26(2)3)25-21-9-10-24-16-20(21)22/h5-10,15-16H,4,11-14H2,1-3H3. The van der Waals surface area contributed by atoms with Gasteiger partial charge in [-0.2, -0.15) is 0 Å². The summed E-state index contributed by atoms with van der Waals surface area (Å²) in [7, 11) is 3.92. The first kappa shape index (κ1) is 19.9. The van der Waals surface area contributed by atoms with Crippen LogP contribution in [0.5, 0.6) is 11.5 Å². The van der Waals surface area contributed by atoms with Gasteiger partial charge in [0.2, 0.25) is 5.91 Å². The quantitative estimate of drug-likeness (QED) is 0.662. The fourth-order valence-corrected chi connectivity index (χ4v) is 3.68. The number of benzene rings is 1. The van der Waals surface area contributed by atoms with Gasteiger partial charge in [-0.3, -0.25) is 9.78 Å². The van der Waals surface area contributed by atoms with Crippen molar-refractivity contribution in [1.29, 1.82) is 0 Å². The molecule has 1 aromatic carbocycles. The van der Waals surface area contributed by atoms with Gasteiger partial charge in [-0.25, -0.2) is 4.98 Å². The summed E-state index contributed by atoms with van der Waals surface area (Å²) in [4.78, 5) is 26.7. The summed E-state index contributed by atoms with van der Waals surface area (Å²) in [5.74, 6) is 2.48. The predicted molar refractivity (Wildman–Crippen MR) is 119 cm³/mol. The van der Waals surface area contributed by atoms with E-state index >= 15 is 0 Å².